The quantitative estimate of drug-likeness (QED) is 0.849. The molecule has 1 N–H and O–H groups in total. The third-order valence-electron chi connectivity index (χ3n) is 5.87. The highest BCUT2D eigenvalue weighted by atomic mass is 16.5. The molecule has 2 fully saturated rings. The number of hydrogen-bond donors (Lipinski definition) is 1. The van der Waals surface area contributed by atoms with Crippen molar-refractivity contribution in [3.63, 3.8) is 0 Å². The number of ether oxygens (including phenoxy) is 1. The lowest BCUT2D eigenvalue weighted by Crippen LogP contribution is -2.52. The molecule has 2 aromatic rings. The Labute approximate surface area is 162 Å². The first-order valence-corrected chi connectivity index (χ1v) is 10.5. The maximum absolute atomic E-state index is 6.18. The largest absolute Gasteiger partial charge is 0.369 e. The molecule has 146 valence electrons. The number of hydrogen-bond acceptors (Lipinski definition) is 4. The summed E-state index contributed by atoms with van der Waals surface area (Å²) in [5.41, 5.74) is 1.40. The van der Waals surface area contributed by atoms with Gasteiger partial charge in [-0.2, -0.15) is 0 Å². The maximum atomic E-state index is 6.18. The summed E-state index contributed by atoms with van der Waals surface area (Å²) in [6, 6.07) is 11.7. The van der Waals surface area contributed by atoms with Crippen LogP contribution in [0.2, 0.25) is 0 Å². The molecule has 5 nitrogen and oxygen atoms in total. The second-order valence-corrected chi connectivity index (χ2v) is 7.84. The van der Waals surface area contributed by atoms with Crippen LogP contribution >= 0.6 is 0 Å². The number of nitrogens with zero attached hydrogens (tertiary/aromatic N) is 3. The van der Waals surface area contributed by atoms with Crippen molar-refractivity contribution in [2.24, 2.45) is 0 Å². The van der Waals surface area contributed by atoms with Crippen LogP contribution in [0.25, 0.3) is 0 Å². The molecule has 2 saturated heterocycles. The summed E-state index contributed by atoms with van der Waals surface area (Å²) in [7, 11) is 0. The maximum Gasteiger partial charge on any atom is 0.139 e. The van der Waals surface area contributed by atoms with Crippen molar-refractivity contribution in [3.05, 3.63) is 54.1 Å². The van der Waals surface area contributed by atoms with Crippen LogP contribution in [0.4, 0.5) is 0 Å². The van der Waals surface area contributed by atoms with Gasteiger partial charge in [-0.05, 0) is 44.7 Å². The van der Waals surface area contributed by atoms with Gasteiger partial charge < -0.3 is 14.6 Å². The topological polar surface area (TPSA) is 42.3 Å². The Bertz CT molecular complexity index is 701. The van der Waals surface area contributed by atoms with E-state index in [1.54, 1.807) is 0 Å². The summed E-state index contributed by atoms with van der Waals surface area (Å²) < 4.78 is 8.40. The number of piperidine rings is 1. The van der Waals surface area contributed by atoms with E-state index in [9.17, 15) is 0 Å². The van der Waals surface area contributed by atoms with Gasteiger partial charge in [0, 0.05) is 50.7 Å². The van der Waals surface area contributed by atoms with Gasteiger partial charge in [0.15, 0.2) is 0 Å². The molecule has 5 heteroatoms. The first-order valence-electron chi connectivity index (χ1n) is 10.5. The lowest BCUT2D eigenvalue weighted by molar-refractivity contribution is -0.0236. The monoisotopic (exact) mass is 368 g/mol. The molecule has 0 spiro atoms. The minimum Gasteiger partial charge on any atom is -0.369 e. The van der Waals surface area contributed by atoms with Crippen LogP contribution in [0.5, 0.6) is 0 Å². The van der Waals surface area contributed by atoms with Crippen LogP contribution in [0.15, 0.2) is 42.7 Å². The highest BCUT2D eigenvalue weighted by Gasteiger charge is 2.33. The Morgan fingerprint density at radius 3 is 2.93 bits per heavy atom. The van der Waals surface area contributed by atoms with Gasteiger partial charge in [0.2, 0.25) is 0 Å². The molecule has 1 aromatic heterocycles. The van der Waals surface area contributed by atoms with Crippen molar-refractivity contribution in [2.45, 2.75) is 63.9 Å². The van der Waals surface area contributed by atoms with Crippen LogP contribution in [-0.2, 0) is 17.8 Å². The Hall–Kier alpha value is -1.69. The molecule has 0 radical (unpaired) electrons. The van der Waals surface area contributed by atoms with Crippen molar-refractivity contribution >= 4 is 0 Å². The molecule has 0 unspecified atom stereocenters. The van der Waals surface area contributed by atoms with E-state index in [2.05, 4.69) is 63.2 Å². The van der Waals surface area contributed by atoms with Gasteiger partial charge >= 0.3 is 0 Å². The molecule has 2 aliphatic rings. The summed E-state index contributed by atoms with van der Waals surface area (Å²) in [6.07, 6.45) is 8.82. The van der Waals surface area contributed by atoms with Crippen molar-refractivity contribution in [1.29, 1.82) is 0 Å². The first kappa shape index (κ1) is 18.7. The normalized spacial score (nSPS) is 26.9. The van der Waals surface area contributed by atoms with E-state index in [0.717, 1.165) is 44.9 Å². The molecular weight excluding hydrogens is 336 g/mol. The van der Waals surface area contributed by atoms with E-state index in [-0.39, 0.29) is 6.10 Å². The van der Waals surface area contributed by atoms with Crippen LogP contribution < -0.4 is 5.32 Å². The number of benzene rings is 1. The van der Waals surface area contributed by atoms with Gasteiger partial charge in [-0.15, -0.1) is 0 Å². The van der Waals surface area contributed by atoms with Crippen molar-refractivity contribution < 1.29 is 4.74 Å². The lowest BCUT2D eigenvalue weighted by Gasteiger charge is -2.39. The molecule has 0 saturated carbocycles. The van der Waals surface area contributed by atoms with E-state index in [1.165, 1.54) is 24.9 Å². The van der Waals surface area contributed by atoms with Crippen molar-refractivity contribution in [3.8, 4) is 0 Å². The molecule has 2 aliphatic heterocycles. The predicted molar refractivity (Wildman–Crippen MR) is 107 cm³/mol. The van der Waals surface area contributed by atoms with Crippen LogP contribution in [-0.4, -0.2) is 46.2 Å². The van der Waals surface area contributed by atoms with E-state index in [1.807, 2.05) is 6.20 Å². The average molecular weight is 369 g/mol. The minimum absolute atomic E-state index is 0.0678. The van der Waals surface area contributed by atoms with Crippen molar-refractivity contribution in [1.82, 2.24) is 19.8 Å². The molecule has 4 rings (SSSR count). The van der Waals surface area contributed by atoms with Gasteiger partial charge in [-0.25, -0.2) is 4.98 Å². The van der Waals surface area contributed by atoms with Crippen LogP contribution in [0, 0.1) is 0 Å². The average Bonchev–Trinajstić information content (AvgIpc) is 3.18. The standard InChI is InChI=1S/C22H32N4O/c1-2-26-14-12-23-22(26)21-20(11-7-15-27-21)24-19-10-6-13-25(17-19)16-18-8-4-3-5-9-18/h3-5,8-9,12,14,19-21,24H,2,6-7,10-11,13,15-17H2,1H3/t19-,20-,21-/m0/s1. The second kappa shape index (κ2) is 9.00. The van der Waals surface area contributed by atoms with Gasteiger partial charge in [0.1, 0.15) is 11.9 Å². The number of aryl methyl sites for hydroxylation is 1. The predicted octanol–water partition coefficient (Wildman–Crippen LogP) is 3.38. The number of nitrogens with one attached hydrogen (secondary N) is 1. The van der Waals surface area contributed by atoms with E-state index in [4.69, 9.17) is 4.74 Å². The third kappa shape index (κ3) is 4.60. The first-order chi connectivity index (χ1) is 13.3. The number of rotatable bonds is 6. The Kier molecular flexibility index (Phi) is 6.22. The Morgan fingerprint density at radius 2 is 2.07 bits per heavy atom. The molecule has 0 bridgehead atoms. The summed E-state index contributed by atoms with van der Waals surface area (Å²) in [5.74, 6) is 1.08. The van der Waals surface area contributed by atoms with E-state index in [0.29, 0.717) is 12.1 Å². The Balaban J connectivity index is 1.39. The second-order valence-electron chi connectivity index (χ2n) is 7.84. The highest BCUT2D eigenvalue weighted by molar-refractivity contribution is 5.14. The number of likely N-dealkylation sites (tertiary alicyclic amines) is 1. The van der Waals surface area contributed by atoms with Gasteiger partial charge in [0.05, 0.1) is 0 Å². The molecule has 3 atom stereocenters. The SMILES string of the molecule is CCn1ccnc1[C@H]1OCCC[C@@H]1N[C@H]1CCCN(Cc2ccccc2)C1. The van der Waals surface area contributed by atoms with Crippen LogP contribution in [0.1, 0.15) is 50.1 Å². The van der Waals surface area contributed by atoms with Gasteiger partial charge in [-0.3, -0.25) is 4.90 Å². The van der Waals surface area contributed by atoms with E-state index >= 15 is 0 Å². The fraction of sp³-hybridized carbons (Fsp3) is 0.591. The highest BCUT2D eigenvalue weighted by Crippen LogP contribution is 2.28. The van der Waals surface area contributed by atoms with E-state index < -0.39 is 0 Å². The summed E-state index contributed by atoms with van der Waals surface area (Å²) >= 11 is 0. The zero-order chi connectivity index (χ0) is 18.5. The Morgan fingerprint density at radius 1 is 1.19 bits per heavy atom. The van der Waals surface area contributed by atoms with Crippen molar-refractivity contribution in [2.75, 3.05) is 19.7 Å². The van der Waals surface area contributed by atoms with Gasteiger partial charge in [-0.1, -0.05) is 30.3 Å². The molecule has 1 aromatic carbocycles. The fourth-order valence-corrected chi connectivity index (χ4v) is 4.53. The molecule has 27 heavy (non-hydrogen) atoms. The smallest absolute Gasteiger partial charge is 0.139 e. The minimum atomic E-state index is 0.0678. The fourth-order valence-electron chi connectivity index (χ4n) is 4.53. The summed E-state index contributed by atoms with van der Waals surface area (Å²) in [4.78, 5) is 7.20. The zero-order valence-corrected chi connectivity index (χ0v) is 16.4. The zero-order valence-electron chi connectivity index (χ0n) is 16.4. The molecule has 0 aliphatic carbocycles. The van der Waals surface area contributed by atoms with Crippen LogP contribution in [0.3, 0.4) is 0 Å². The molecule has 0 amide bonds. The number of aromatic nitrogens is 2. The summed E-state index contributed by atoms with van der Waals surface area (Å²) in [5, 5.41) is 3.94. The van der Waals surface area contributed by atoms with Gasteiger partial charge in [0.25, 0.3) is 0 Å². The molecule has 3 heterocycles. The third-order valence-corrected chi connectivity index (χ3v) is 5.87. The summed E-state index contributed by atoms with van der Waals surface area (Å²) in [6.45, 7) is 7.29. The number of imidazole rings is 1. The lowest BCUT2D eigenvalue weighted by atomic mass is 9.97. The molecular formula is C22H32N4O.